The van der Waals surface area contributed by atoms with Crippen molar-refractivity contribution in [1.82, 2.24) is 0 Å². The van der Waals surface area contributed by atoms with E-state index in [4.69, 9.17) is 0 Å². The SMILES string of the molecule is COc1c(F)c(Br)c(OC)c(F)c1Br. The minimum absolute atomic E-state index is 0.0995. The number of halogens is 4. The van der Waals surface area contributed by atoms with Crippen molar-refractivity contribution in [2.24, 2.45) is 0 Å². The molecule has 0 atom stereocenters. The van der Waals surface area contributed by atoms with Crippen molar-refractivity contribution in [2.45, 2.75) is 0 Å². The zero-order valence-corrected chi connectivity index (χ0v) is 10.5. The maximum absolute atomic E-state index is 13.4. The third kappa shape index (κ3) is 1.72. The molecule has 0 aromatic heterocycles. The number of rotatable bonds is 2. The summed E-state index contributed by atoms with van der Waals surface area (Å²) in [6, 6.07) is 0. The summed E-state index contributed by atoms with van der Waals surface area (Å²) in [5.74, 6) is -1.82. The lowest BCUT2D eigenvalue weighted by Crippen LogP contribution is -1.98. The molecule has 0 N–H and O–H groups in total. The summed E-state index contributed by atoms with van der Waals surface area (Å²) in [6.07, 6.45) is 0. The van der Waals surface area contributed by atoms with Gasteiger partial charge in [-0.3, -0.25) is 0 Å². The first-order valence-electron chi connectivity index (χ1n) is 3.48. The van der Waals surface area contributed by atoms with Gasteiger partial charge in [0.05, 0.1) is 14.2 Å². The van der Waals surface area contributed by atoms with Crippen molar-refractivity contribution in [3.05, 3.63) is 20.6 Å². The summed E-state index contributed by atoms with van der Waals surface area (Å²) in [6.45, 7) is 0. The predicted molar refractivity (Wildman–Crippen MR) is 54.9 cm³/mol. The van der Waals surface area contributed by atoms with Gasteiger partial charge in [-0.05, 0) is 31.9 Å². The molecule has 14 heavy (non-hydrogen) atoms. The molecule has 0 saturated carbocycles. The Morgan fingerprint density at radius 2 is 1.14 bits per heavy atom. The Morgan fingerprint density at radius 3 is 1.36 bits per heavy atom. The molecular weight excluding hydrogens is 326 g/mol. The summed E-state index contributed by atoms with van der Waals surface area (Å²) in [5, 5.41) is 0. The van der Waals surface area contributed by atoms with Crippen LogP contribution in [0.5, 0.6) is 11.5 Å². The van der Waals surface area contributed by atoms with Crippen molar-refractivity contribution in [3.63, 3.8) is 0 Å². The number of methoxy groups -OCH3 is 2. The third-order valence-electron chi connectivity index (χ3n) is 1.59. The van der Waals surface area contributed by atoms with E-state index < -0.39 is 11.6 Å². The van der Waals surface area contributed by atoms with E-state index in [0.29, 0.717) is 0 Å². The highest BCUT2D eigenvalue weighted by molar-refractivity contribution is 9.11. The van der Waals surface area contributed by atoms with Gasteiger partial charge in [-0.25, -0.2) is 8.78 Å². The summed E-state index contributed by atoms with van der Waals surface area (Å²) >= 11 is 5.75. The van der Waals surface area contributed by atoms with Gasteiger partial charge < -0.3 is 9.47 Å². The average molecular weight is 332 g/mol. The lowest BCUT2D eigenvalue weighted by atomic mass is 10.3. The second kappa shape index (κ2) is 4.44. The molecular formula is C8H6Br2F2O2. The van der Waals surface area contributed by atoms with Crippen LogP contribution in [-0.2, 0) is 0 Å². The first-order valence-corrected chi connectivity index (χ1v) is 5.07. The minimum Gasteiger partial charge on any atom is -0.492 e. The van der Waals surface area contributed by atoms with Gasteiger partial charge in [0.1, 0.15) is 8.95 Å². The molecule has 0 spiro atoms. The zero-order valence-electron chi connectivity index (χ0n) is 7.33. The maximum Gasteiger partial charge on any atom is 0.184 e. The van der Waals surface area contributed by atoms with E-state index in [1.54, 1.807) is 0 Å². The minimum atomic E-state index is -0.711. The van der Waals surface area contributed by atoms with E-state index in [1.807, 2.05) is 0 Å². The van der Waals surface area contributed by atoms with Crippen LogP contribution >= 0.6 is 31.9 Å². The monoisotopic (exact) mass is 330 g/mol. The second-order valence-corrected chi connectivity index (χ2v) is 3.91. The van der Waals surface area contributed by atoms with Crippen LogP contribution in [0.15, 0.2) is 8.95 Å². The fourth-order valence-electron chi connectivity index (χ4n) is 0.950. The zero-order chi connectivity index (χ0) is 10.9. The molecule has 0 radical (unpaired) electrons. The topological polar surface area (TPSA) is 18.5 Å². The Bertz CT molecular complexity index is 305. The maximum atomic E-state index is 13.4. The van der Waals surface area contributed by atoms with Crippen LogP contribution in [0.25, 0.3) is 0 Å². The first-order chi connectivity index (χ1) is 6.54. The van der Waals surface area contributed by atoms with E-state index in [9.17, 15) is 8.78 Å². The van der Waals surface area contributed by atoms with Crippen molar-refractivity contribution in [2.75, 3.05) is 14.2 Å². The van der Waals surface area contributed by atoms with E-state index in [-0.39, 0.29) is 20.4 Å². The van der Waals surface area contributed by atoms with Gasteiger partial charge in [-0.1, -0.05) is 0 Å². The highest BCUT2D eigenvalue weighted by atomic mass is 79.9. The average Bonchev–Trinajstić information content (AvgIpc) is 2.17. The molecule has 0 aliphatic carbocycles. The van der Waals surface area contributed by atoms with Gasteiger partial charge in [0.25, 0.3) is 0 Å². The number of hydrogen-bond donors (Lipinski definition) is 0. The molecule has 0 heterocycles. The number of hydrogen-bond acceptors (Lipinski definition) is 2. The van der Waals surface area contributed by atoms with Crippen LogP contribution in [0.2, 0.25) is 0 Å². The number of ether oxygens (including phenoxy) is 2. The van der Waals surface area contributed by atoms with Crippen molar-refractivity contribution in [3.8, 4) is 11.5 Å². The highest BCUT2D eigenvalue weighted by Gasteiger charge is 2.23. The summed E-state index contributed by atoms with van der Waals surface area (Å²) < 4.78 is 36.1. The smallest absolute Gasteiger partial charge is 0.184 e. The lowest BCUT2D eigenvalue weighted by Gasteiger charge is -2.11. The molecule has 78 valence electrons. The quantitative estimate of drug-likeness (QED) is 0.772. The van der Waals surface area contributed by atoms with Crippen molar-refractivity contribution in [1.29, 1.82) is 0 Å². The Labute approximate surface area is 96.5 Å². The number of benzene rings is 1. The fourth-order valence-corrected chi connectivity index (χ4v) is 1.98. The molecule has 0 amide bonds. The van der Waals surface area contributed by atoms with Crippen LogP contribution in [0.1, 0.15) is 0 Å². The third-order valence-corrected chi connectivity index (χ3v) is 3.01. The molecule has 6 heteroatoms. The van der Waals surface area contributed by atoms with Crippen molar-refractivity contribution < 1.29 is 18.3 Å². The summed E-state index contributed by atoms with van der Waals surface area (Å²) in [4.78, 5) is 0. The van der Waals surface area contributed by atoms with Gasteiger partial charge >= 0.3 is 0 Å². The van der Waals surface area contributed by atoms with Crippen LogP contribution < -0.4 is 9.47 Å². The van der Waals surface area contributed by atoms with Gasteiger partial charge in [0, 0.05) is 0 Å². The van der Waals surface area contributed by atoms with Crippen LogP contribution in [0, 0.1) is 11.6 Å². The van der Waals surface area contributed by atoms with Crippen LogP contribution in [0.4, 0.5) is 8.78 Å². The molecule has 0 fully saturated rings. The molecule has 1 aromatic rings. The fraction of sp³-hybridized carbons (Fsp3) is 0.250. The Morgan fingerprint density at radius 1 is 0.857 bits per heavy atom. The normalized spacial score (nSPS) is 10.1. The van der Waals surface area contributed by atoms with Gasteiger partial charge in [0.2, 0.25) is 0 Å². The van der Waals surface area contributed by atoms with E-state index >= 15 is 0 Å². The summed E-state index contributed by atoms with van der Waals surface area (Å²) in [5.41, 5.74) is 0. The lowest BCUT2D eigenvalue weighted by molar-refractivity contribution is 0.352. The predicted octanol–water partition coefficient (Wildman–Crippen LogP) is 3.51. The highest BCUT2D eigenvalue weighted by Crippen LogP contribution is 2.42. The molecule has 0 saturated heterocycles. The molecule has 1 rings (SSSR count). The molecule has 0 aliphatic heterocycles. The molecule has 0 aliphatic rings. The van der Waals surface area contributed by atoms with Gasteiger partial charge in [-0.15, -0.1) is 0 Å². The van der Waals surface area contributed by atoms with Crippen LogP contribution in [0.3, 0.4) is 0 Å². The largest absolute Gasteiger partial charge is 0.492 e. The van der Waals surface area contributed by atoms with Crippen LogP contribution in [-0.4, -0.2) is 14.2 Å². The van der Waals surface area contributed by atoms with Gasteiger partial charge in [-0.2, -0.15) is 0 Å². The molecule has 1 aromatic carbocycles. The Balaban J connectivity index is 3.55. The molecule has 0 bridgehead atoms. The van der Waals surface area contributed by atoms with E-state index in [2.05, 4.69) is 41.3 Å². The second-order valence-electron chi connectivity index (χ2n) is 2.32. The van der Waals surface area contributed by atoms with E-state index in [1.165, 1.54) is 14.2 Å². The Kier molecular flexibility index (Phi) is 3.71. The van der Waals surface area contributed by atoms with Gasteiger partial charge in [0.15, 0.2) is 23.1 Å². The van der Waals surface area contributed by atoms with E-state index in [0.717, 1.165) is 0 Å². The summed E-state index contributed by atoms with van der Waals surface area (Å²) in [7, 11) is 2.50. The molecule has 2 nitrogen and oxygen atoms in total. The standard InChI is InChI=1S/C8H6Br2F2O2/c1-13-7-3(9)6(12)8(14-2)4(10)5(7)11/h1-2H3. The first kappa shape index (κ1) is 11.7. The van der Waals surface area contributed by atoms with Crippen molar-refractivity contribution >= 4 is 31.9 Å². The Hall–Kier alpha value is -0.360. The molecule has 0 unspecified atom stereocenters.